The number of amides is 1. The molecule has 24 heavy (non-hydrogen) atoms. The molecule has 1 heterocycles. The number of hydrogen-bond donors (Lipinski definition) is 2. The smallest absolute Gasteiger partial charge is 0.251 e. The van der Waals surface area contributed by atoms with Gasteiger partial charge in [0.25, 0.3) is 5.91 Å². The Morgan fingerprint density at radius 3 is 2.42 bits per heavy atom. The molecule has 3 aromatic rings. The van der Waals surface area contributed by atoms with Gasteiger partial charge in [0, 0.05) is 18.5 Å². The van der Waals surface area contributed by atoms with E-state index in [0.29, 0.717) is 12.0 Å². The van der Waals surface area contributed by atoms with Crippen LogP contribution in [0.15, 0.2) is 71.4 Å². The van der Waals surface area contributed by atoms with Gasteiger partial charge in [-0.25, -0.2) is 0 Å². The van der Waals surface area contributed by atoms with Crippen LogP contribution in [-0.2, 0) is 6.42 Å². The SMILES string of the molecule is O=C(NCC(O)Cc1ccccc1)c1ccc(-c2ccsc2)cc1. The number of rotatable bonds is 6. The Balaban J connectivity index is 1.53. The number of thiophene rings is 1. The van der Waals surface area contributed by atoms with Crippen LogP contribution in [0.2, 0.25) is 0 Å². The first-order valence-corrected chi connectivity index (χ1v) is 8.79. The van der Waals surface area contributed by atoms with Gasteiger partial charge in [0.15, 0.2) is 0 Å². The van der Waals surface area contributed by atoms with Gasteiger partial charge in [-0.1, -0.05) is 42.5 Å². The van der Waals surface area contributed by atoms with Gasteiger partial charge in [-0.2, -0.15) is 11.3 Å². The van der Waals surface area contributed by atoms with Crippen LogP contribution in [0.3, 0.4) is 0 Å². The average molecular weight is 337 g/mol. The second kappa shape index (κ2) is 7.90. The largest absolute Gasteiger partial charge is 0.391 e. The van der Waals surface area contributed by atoms with Crippen molar-refractivity contribution in [3.05, 3.63) is 82.6 Å². The van der Waals surface area contributed by atoms with Crippen LogP contribution in [-0.4, -0.2) is 23.7 Å². The summed E-state index contributed by atoms with van der Waals surface area (Å²) in [4.78, 5) is 12.2. The Morgan fingerprint density at radius 2 is 1.75 bits per heavy atom. The van der Waals surface area contributed by atoms with Crippen LogP contribution in [0.25, 0.3) is 11.1 Å². The first kappa shape index (κ1) is 16.4. The minimum absolute atomic E-state index is 0.168. The third kappa shape index (κ3) is 4.31. The molecular weight excluding hydrogens is 318 g/mol. The molecule has 3 nitrogen and oxygen atoms in total. The summed E-state index contributed by atoms with van der Waals surface area (Å²) in [5, 5.41) is 17.0. The molecule has 0 saturated heterocycles. The lowest BCUT2D eigenvalue weighted by Gasteiger charge is -2.12. The predicted molar refractivity (Wildman–Crippen MR) is 98.2 cm³/mol. The van der Waals surface area contributed by atoms with Crippen LogP contribution in [0.5, 0.6) is 0 Å². The Hall–Kier alpha value is -2.43. The van der Waals surface area contributed by atoms with Crippen molar-refractivity contribution in [1.29, 1.82) is 0 Å². The van der Waals surface area contributed by atoms with Crippen molar-refractivity contribution < 1.29 is 9.90 Å². The number of aliphatic hydroxyl groups is 1. The molecule has 0 bridgehead atoms. The fourth-order valence-electron chi connectivity index (χ4n) is 2.51. The van der Waals surface area contributed by atoms with Gasteiger partial charge in [0.2, 0.25) is 0 Å². The summed E-state index contributed by atoms with van der Waals surface area (Å²) in [5.74, 6) is -0.168. The second-order valence-electron chi connectivity index (χ2n) is 5.64. The van der Waals surface area contributed by atoms with E-state index in [9.17, 15) is 9.90 Å². The van der Waals surface area contributed by atoms with Crippen LogP contribution in [0.4, 0.5) is 0 Å². The topological polar surface area (TPSA) is 49.3 Å². The van der Waals surface area contributed by atoms with Crippen molar-refractivity contribution in [3.63, 3.8) is 0 Å². The molecule has 0 aliphatic rings. The lowest BCUT2D eigenvalue weighted by Crippen LogP contribution is -2.33. The van der Waals surface area contributed by atoms with E-state index < -0.39 is 6.10 Å². The van der Waals surface area contributed by atoms with Gasteiger partial charge in [0.05, 0.1) is 6.10 Å². The predicted octanol–water partition coefficient (Wildman–Crippen LogP) is 3.75. The van der Waals surface area contributed by atoms with Gasteiger partial charge in [-0.3, -0.25) is 4.79 Å². The Kier molecular flexibility index (Phi) is 5.41. The zero-order chi connectivity index (χ0) is 16.8. The summed E-state index contributed by atoms with van der Waals surface area (Å²) in [7, 11) is 0. The average Bonchev–Trinajstić information content (AvgIpc) is 3.15. The molecule has 0 aliphatic heterocycles. The van der Waals surface area contributed by atoms with Crippen molar-refractivity contribution in [3.8, 4) is 11.1 Å². The molecule has 2 N–H and O–H groups in total. The minimum Gasteiger partial charge on any atom is -0.391 e. The molecule has 0 fully saturated rings. The number of carbonyl (C=O) groups is 1. The number of benzene rings is 2. The van der Waals surface area contributed by atoms with E-state index >= 15 is 0 Å². The van der Waals surface area contributed by atoms with Crippen molar-refractivity contribution in [1.82, 2.24) is 5.32 Å². The van der Waals surface area contributed by atoms with Gasteiger partial charge in [-0.15, -0.1) is 0 Å². The lowest BCUT2D eigenvalue weighted by atomic mass is 10.1. The van der Waals surface area contributed by atoms with E-state index in [0.717, 1.165) is 16.7 Å². The van der Waals surface area contributed by atoms with Gasteiger partial charge in [-0.05, 0) is 45.6 Å². The van der Waals surface area contributed by atoms with Crippen LogP contribution in [0.1, 0.15) is 15.9 Å². The van der Waals surface area contributed by atoms with E-state index in [2.05, 4.69) is 16.8 Å². The molecule has 1 atom stereocenters. The molecule has 0 spiro atoms. The van der Waals surface area contributed by atoms with E-state index in [1.807, 2.05) is 60.0 Å². The fraction of sp³-hybridized carbons (Fsp3) is 0.150. The maximum atomic E-state index is 12.2. The molecule has 3 rings (SSSR count). The fourth-order valence-corrected chi connectivity index (χ4v) is 3.18. The molecule has 4 heteroatoms. The highest BCUT2D eigenvalue weighted by Crippen LogP contribution is 2.22. The molecule has 2 aromatic carbocycles. The minimum atomic E-state index is -0.596. The van der Waals surface area contributed by atoms with E-state index in [1.165, 1.54) is 0 Å². The first-order valence-electron chi connectivity index (χ1n) is 7.85. The Labute approximate surface area is 145 Å². The maximum Gasteiger partial charge on any atom is 0.251 e. The zero-order valence-corrected chi connectivity index (χ0v) is 14.0. The third-order valence-electron chi connectivity index (χ3n) is 3.81. The lowest BCUT2D eigenvalue weighted by molar-refractivity contribution is 0.0916. The second-order valence-corrected chi connectivity index (χ2v) is 6.42. The van der Waals surface area contributed by atoms with Gasteiger partial charge in [0.1, 0.15) is 0 Å². The molecule has 0 radical (unpaired) electrons. The zero-order valence-electron chi connectivity index (χ0n) is 13.2. The molecular formula is C20H19NO2S. The summed E-state index contributed by atoms with van der Waals surface area (Å²) in [5.41, 5.74) is 3.91. The molecule has 1 amide bonds. The third-order valence-corrected chi connectivity index (χ3v) is 4.50. The van der Waals surface area contributed by atoms with Crippen molar-refractivity contribution in [2.24, 2.45) is 0 Å². The first-order chi connectivity index (χ1) is 11.7. The maximum absolute atomic E-state index is 12.2. The quantitative estimate of drug-likeness (QED) is 0.720. The summed E-state index contributed by atoms with van der Waals surface area (Å²) in [6.45, 7) is 0.236. The highest BCUT2D eigenvalue weighted by Gasteiger charge is 2.10. The standard InChI is InChI=1S/C20H19NO2S/c22-19(12-15-4-2-1-3-5-15)13-21-20(23)17-8-6-16(7-9-17)18-10-11-24-14-18/h1-11,14,19,22H,12-13H2,(H,21,23). The normalized spacial score (nSPS) is 11.9. The van der Waals surface area contributed by atoms with Gasteiger partial charge >= 0.3 is 0 Å². The van der Waals surface area contributed by atoms with E-state index in [4.69, 9.17) is 0 Å². The molecule has 1 unspecified atom stereocenters. The monoisotopic (exact) mass is 337 g/mol. The summed E-state index contributed by atoms with van der Waals surface area (Å²) in [6.07, 6.45) is -0.0699. The Bertz CT molecular complexity index is 767. The number of hydrogen-bond acceptors (Lipinski definition) is 3. The Morgan fingerprint density at radius 1 is 1.00 bits per heavy atom. The number of carbonyl (C=O) groups excluding carboxylic acids is 1. The van der Waals surface area contributed by atoms with Crippen LogP contribution in [0, 0.1) is 0 Å². The highest BCUT2D eigenvalue weighted by atomic mass is 32.1. The summed E-state index contributed by atoms with van der Waals surface area (Å²) < 4.78 is 0. The number of aliphatic hydroxyl groups excluding tert-OH is 1. The van der Waals surface area contributed by atoms with Gasteiger partial charge < -0.3 is 10.4 Å². The van der Waals surface area contributed by atoms with E-state index in [-0.39, 0.29) is 12.5 Å². The van der Waals surface area contributed by atoms with Crippen molar-refractivity contribution in [2.75, 3.05) is 6.54 Å². The summed E-state index contributed by atoms with van der Waals surface area (Å²) >= 11 is 1.65. The molecule has 0 saturated carbocycles. The van der Waals surface area contributed by atoms with Crippen molar-refractivity contribution >= 4 is 17.2 Å². The molecule has 0 aliphatic carbocycles. The van der Waals surface area contributed by atoms with Crippen molar-refractivity contribution in [2.45, 2.75) is 12.5 Å². The highest BCUT2D eigenvalue weighted by molar-refractivity contribution is 7.08. The number of nitrogens with one attached hydrogen (secondary N) is 1. The molecule has 1 aromatic heterocycles. The van der Waals surface area contributed by atoms with Crippen LogP contribution < -0.4 is 5.32 Å². The summed E-state index contributed by atoms with van der Waals surface area (Å²) in [6, 6.07) is 19.3. The van der Waals surface area contributed by atoms with Crippen LogP contribution >= 0.6 is 11.3 Å². The van der Waals surface area contributed by atoms with E-state index in [1.54, 1.807) is 11.3 Å². The molecule has 122 valence electrons.